The summed E-state index contributed by atoms with van der Waals surface area (Å²) in [5, 5.41) is 30.8. The number of benzene rings is 2. The number of azo groups is 1. The number of hydrogen-bond acceptors (Lipinski definition) is 9. The molecule has 0 amide bonds. The zero-order chi connectivity index (χ0) is 26.1. The second kappa shape index (κ2) is 12.3. The van der Waals surface area contributed by atoms with Crippen LogP contribution in [0.25, 0.3) is 5.70 Å². The van der Waals surface area contributed by atoms with Gasteiger partial charge in [0.2, 0.25) is 0 Å². The van der Waals surface area contributed by atoms with E-state index in [-0.39, 0.29) is 11.7 Å². The lowest BCUT2D eigenvalue weighted by Crippen LogP contribution is -2.25. The maximum absolute atomic E-state index is 11.7. The van der Waals surface area contributed by atoms with E-state index < -0.39 is 21.2 Å². The maximum atomic E-state index is 11.7. The van der Waals surface area contributed by atoms with Crippen LogP contribution in [0.3, 0.4) is 0 Å². The van der Waals surface area contributed by atoms with Crippen LogP contribution >= 0.6 is 0 Å². The fourth-order valence-corrected chi connectivity index (χ4v) is 3.86. The summed E-state index contributed by atoms with van der Waals surface area (Å²) in [6, 6.07) is 10.9. The van der Waals surface area contributed by atoms with E-state index in [1.807, 2.05) is 37.3 Å². The van der Waals surface area contributed by atoms with E-state index >= 15 is 0 Å². The normalized spacial score (nSPS) is 12.8. The number of ether oxygens (including phenoxy) is 1. The van der Waals surface area contributed by atoms with E-state index in [0.29, 0.717) is 38.1 Å². The Hall–Kier alpha value is -4.41. The number of non-ortho nitro benzene ring substituents is 1. The van der Waals surface area contributed by atoms with Gasteiger partial charge in [-0.2, -0.15) is 0 Å². The van der Waals surface area contributed by atoms with Gasteiger partial charge in [-0.15, -0.1) is 10.2 Å². The second-order valence-corrected chi connectivity index (χ2v) is 7.92. The molecule has 188 valence electrons. The molecule has 0 spiro atoms. The number of likely N-dealkylation sites (N-methyl/N-ethyl adjacent to an activating group) is 1. The summed E-state index contributed by atoms with van der Waals surface area (Å²) in [6.07, 6.45) is 5.38. The zero-order valence-corrected chi connectivity index (χ0v) is 20.1. The van der Waals surface area contributed by atoms with Gasteiger partial charge in [-0.25, -0.2) is 0 Å². The minimum atomic E-state index is -0.718. The second-order valence-electron chi connectivity index (χ2n) is 7.92. The third-order valence-electron chi connectivity index (χ3n) is 5.63. The molecule has 3 rings (SSSR count). The van der Waals surface area contributed by atoms with Crippen molar-refractivity contribution in [1.82, 2.24) is 4.90 Å². The Morgan fingerprint density at radius 3 is 2.53 bits per heavy atom. The molecule has 11 heteroatoms. The summed E-state index contributed by atoms with van der Waals surface area (Å²) >= 11 is 0. The van der Waals surface area contributed by atoms with Crippen LogP contribution in [0.2, 0.25) is 0 Å². The molecule has 0 aromatic heterocycles. The van der Waals surface area contributed by atoms with Gasteiger partial charge in [0, 0.05) is 43.3 Å². The number of nitro benzene ring substituents is 2. The average molecular weight is 494 g/mol. The minimum absolute atomic E-state index is 0.0772. The van der Waals surface area contributed by atoms with Gasteiger partial charge in [0.15, 0.2) is 5.69 Å². The molecule has 0 atom stereocenters. The molecule has 0 bridgehead atoms. The Labute approximate surface area is 208 Å². The summed E-state index contributed by atoms with van der Waals surface area (Å²) in [4.78, 5) is 34.9. The monoisotopic (exact) mass is 493 g/mol. The lowest BCUT2D eigenvalue weighted by molar-refractivity contribution is -0.393. The van der Waals surface area contributed by atoms with Crippen LogP contribution in [0.5, 0.6) is 0 Å². The van der Waals surface area contributed by atoms with Crippen LogP contribution in [0, 0.1) is 20.2 Å². The summed E-state index contributed by atoms with van der Waals surface area (Å²) in [5.41, 5.74) is 2.43. The largest absolute Gasteiger partial charge is 0.466 e. The Morgan fingerprint density at radius 1 is 1.06 bits per heavy atom. The number of fused-ring (bicyclic) bond motifs is 1. The van der Waals surface area contributed by atoms with E-state index in [1.165, 1.54) is 6.07 Å². The third kappa shape index (κ3) is 6.59. The van der Waals surface area contributed by atoms with Crippen LogP contribution < -0.4 is 0 Å². The standard InChI is InChI=1S/C25H27N5O6/c1-3-28(15-7-10-25(31)36-4-2)19-11-13-22(21-9-6-5-8-18(21)16-19)26-27-23-14-12-20(29(32)33)17-24(23)30(34)35/h5-6,8-9,11-14,17H,3-4,7,10,15-16H2,1-2H3. The Kier molecular flexibility index (Phi) is 8.98. The van der Waals surface area contributed by atoms with Crippen molar-refractivity contribution in [2.45, 2.75) is 33.1 Å². The molecule has 36 heavy (non-hydrogen) atoms. The van der Waals surface area contributed by atoms with Gasteiger partial charge in [0.1, 0.15) is 0 Å². The number of hydrogen-bond donors (Lipinski definition) is 0. The van der Waals surface area contributed by atoms with Crippen molar-refractivity contribution in [1.29, 1.82) is 0 Å². The molecule has 1 aliphatic rings. The Balaban J connectivity index is 1.89. The van der Waals surface area contributed by atoms with E-state index in [1.54, 1.807) is 13.0 Å². The molecule has 11 nitrogen and oxygen atoms in total. The number of nitrogens with zero attached hydrogens (tertiary/aromatic N) is 5. The van der Waals surface area contributed by atoms with Gasteiger partial charge in [0.25, 0.3) is 5.69 Å². The molecule has 0 heterocycles. The van der Waals surface area contributed by atoms with E-state index in [4.69, 9.17) is 4.74 Å². The van der Waals surface area contributed by atoms with Crippen molar-refractivity contribution >= 4 is 28.7 Å². The summed E-state index contributed by atoms with van der Waals surface area (Å²) in [6.45, 7) is 5.62. The number of esters is 1. The van der Waals surface area contributed by atoms with Crippen molar-refractivity contribution in [3.8, 4) is 0 Å². The predicted octanol–water partition coefficient (Wildman–Crippen LogP) is 5.73. The van der Waals surface area contributed by atoms with Gasteiger partial charge < -0.3 is 9.64 Å². The molecule has 0 aliphatic heterocycles. The predicted molar refractivity (Wildman–Crippen MR) is 134 cm³/mol. The van der Waals surface area contributed by atoms with Crippen molar-refractivity contribution in [2.75, 3.05) is 19.7 Å². The highest BCUT2D eigenvalue weighted by Gasteiger charge is 2.20. The Bertz CT molecular complexity index is 1240. The Morgan fingerprint density at radius 2 is 1.83 bits per heavy atom. The fourth-order valence-electron chi connectivity index (χ4n) is 3.86. The van der Waals surface area contributed by atoms with E-state index in [9.17, 15) is 25.0 Å². The number of carbonyl (C=O) groups is 1. The van der Waals surface area contributed by atoms with Crippen molar-refractivity contribution in [2.24, 2.45) is 10.2 Å². The van der Waals surface area contributed by atoms with Crippen LogP contribution in [-0.2, 0) is 16.0 Å². The topological polar surface area (TPSA) is 141 Å². The molecule has 0 saturated heterocycles. The first-order valence-corrected chi connectivity index (χ1v) is 11.6. The summed E-state index contributed by atoms with van der Waals surface area (Å²) in [7, 11) is 0. The highest BCUT2D eigenvalue weighted by atomic mass is 16.6. The molecular weight excluding hydrogens is 466 g/mol. The molecule has 2 aromatic rings. The van der Waals surface area contributed by atoms with Gasteiger partial charge >= 0.3 is 11.7 Å². The van der Waals surface area contributed by atoms with Gasteiger partial charge in [0.05, 0.1) is 28.2 Å². The van der Waals surface area contributed by atoms with E-state index in [2.05, 4.69) is 15.1 Å². The number of rotatable bonds is 11. The first kappa shape index (κ1) is 26.2. The van der Waals surface area contributed by atoms with Crippen molar-refractivity contribution < 1.29 is 19.4 Å². The van der Waals surface area contributed by atoms with Crippen LogP contribution in [0.15, 0.2) is 70.5 Å². The SMILES string of the molecule is CCOC(=O)CCCN(CC)C1=CC=C(N=Nc2ccc([N+](=O)[O-])cc2[N+](=O)[O-])c2ccccc2C1. The summed E-state index contributed by atoms with van der Waals surface area (Å²) < 4.78 is 5.01. The third-order valence-corrected chi connectivity index (χ3v) is 5.63. The highest BCUT2D eigenvalue weighted by molar-refractivity contribution is 5.71. The molecule has 0 unspecified atom stereocenters. The van der Waals surface area contributed by atoms with Crippen LogP contribution in [0.4, 0.5) is 17.1 Å². The molecule has 0 saturated carbocycles. The minimum Gasteiger partial charge on any atom is -0.466 e. The molecular formula is C25H27N5O6. The molecule has 0 fully saturated rings. The number of allylic oxidation sites excluding steroid dienone is 3. The summed E-state index contributed by atoms with van der Waals surface area (Å²) in [5.74, 6) is -0.211. The van der Waals surface area contributed by atoms with Crippen molar-refractivity contribution in [3.05, 3.63) is 91.7 Å². The maximum Gasteiger partial charge on any atom is 0.305 e. The van der Waals surface area contributed by atoms with Gasteiger partial charge in [-0.1, -0.05) is 24.3 Å². The van der Waals surface area contributed by atoms with Crippen LogP contribution in [-0.4, -0.2) is 40.4 Å². The quantitative estimate of drug-likeness (QED) is 0.168. The van der Waals surface area contributed by atoms with Crippen molar-refractivity contribution in [3.63, 3.8) is 0 Å². The van der Waals surface area contributed by atoms with Gasteiger partial charge in [-0.3, -0.25) is 25.0 Å². The molecule has 2 aromatic carbocycles. The lowest BCUT2D eigenvalue weighted by atomic mass is 10.0. The van der Waals surface area contributed by atoms with Crippen LogP contribution in [0.1, 0.15) is 37.8 Å². The molecule has 0 N–H and O–H groups in total. The van der Waals surface area contributed by atoms with E-state index in [0.717, 1.165) is 35.5 Å². The smallest absolute Gasteiger partial charge is 0.305 e. The lowest BCUT2D eigenvalue weighted by Gasteiger charge is -2.26. The van der Waals surface area contributed by atoms with Gasteiger partial charge in [-0.05, 0) is 44.1 Å². The first-order valence-electron chi connectivity index (χ1n) is 11.6. The average Bonchev–Trinajstić information content (AvgIpc) is 3.04. The zero-order valence-electron chi connectivity index (χ0n) is 20.1. The fraction of sp³-hybridized carbons (Fsp3) is 0.320. The number of carbonyl (C=O) groups excluding carboxylic acids is 1. The molecule has 1 aliphatic carbocycles. The molecule has 0 radical (unpaired) electrons. The first-order chi connectivity index (χ1) is 17.3. The highest BCUT2D eigenvalue weighted by Crippen LogP contribution is 2.34. The number of nitro groups is 2.